The molecule has 0 aliphatic carbocycles. The quantitative estimate of drug-likeness (QED) is 0.790. The van der Waals surface area contributed by atoms with Gasteiger partial charge < -0.3 is 5.32 Å². The molecule has 3 rings (SSSR count). The molecule has 1 N–H and O–H groups in total. The number of aromatic nitrogens is 3. The zero-order valence-corrected chi connectivity index (χ0v) is 12.4. The van der Waals surface area contributed by atoms with Crippen LogP contribution in [0.3, 0.4) is 0 Å². The van der Waals surface area contributed by atoms with Gasteiger partial charge in [-0.25, -0.2) is 4.52 Å². The fourth-order valence-electron chi connectivity index (χ4n) is 1.95. The van der Waals surface area contributed by atoms with Crippen molar-refractivity contribution in [3.8, 4) is 0 Å². The zero-order chi connectivity index (χ0) is 14.3. The van der Waals surface area contributed by atoms with Crippen LogP contribution in [0.1, 0.15) is 21.1 Å². The highest BCUT2D eigenvalue weighted by Crippen LogP contribution is 2.26. The van der Waals surface area contributed by atoms with E-state index in [4.69, 9.17) is 11.6 Å². The summed E-state index contributed by atoms with van der Waals surface area (Å²) < 4.78 is 5.78. The van der Waals surface area contributed by atoms with Crippen LogP contribution in [-0.4, -0.2) is 19.9 Å². The van der Waals surface area contributed by atoms with Gasteiger partial charge in [-0.15, -0.1) is 0 Å². The van der Waals surface area contributed by atoms with Crippen LogP contribution in [0.2, 0.25) is 5.02 Å². The highest BCUT2D eigenvalue weighted by molar-refractivity contribution is 7.06. The van der Waals surface area contributed by atoms with Gasteiger partial charge in [0, 0.05) is 11.1 Å². The molecule has 3 heterocycles. The first-order valence-electron chi connectivity index (χ1n) is 5.95. The van der Waals surface area contributed by atoms with E-state index in [0.29, 0.717) is 10.5 Å². The van der Waals surface area contributed by atoms with Gasteiger partial charge in [-0.1, -0.05) is 17.7 Å². The Morgan fingerprint density at radius 3 is 2.85 bits per heavy atom. The number of rotatable bonds is 2. The fourth-order valence-corrected chi connectivity index (χ4v) is 2.88. The second kappa shape index (κ2) is 4.88. The number of pyridine rings is 1. The molecule has 0 aromatic carbocycles. The average molecular weight is 307 g/mol. The van der Waals surface area contributed by atoms with E-state index < -0.39 is 0 Å². The molecule has 0 bridgehead atoms. The summed E-state index contributed by atoms with van der Waals surface area (Å²) in [6.07, 6.45) is 1.75. The van der Waals surface area contributed by atoms with Crippen LogP contribution in [0.4, 0.5) is 5.69 Å². The number of anilines is 1. The Hall–Kier alpha value is -1.92. The molecule has 1 amide bonds. The molecule has 0 spiro atoms. The van der Waals surface area contributed by atoms with Gasteiger partial charge in [-0.3, -0.25) is 4.79 Å². The predicted octanol–water partition coefficient (Wildman–Crippen LogP) is 3.31. The minimum absolute atomic E-state index is 0.211. The lowest BCUT2D eigenvalue weighted by molar-refractivity contribution is 0.102. The van der Waals surface area contributed by atoms with Crippen molar-refractivity contribution >= 4 is 40.2 Å². The van der Waals surface area contributed by atoms with Crippen LogP contribution < -0.4 is 5.32 Å². The van der Waals surface area contributed by atoms with Crippen molar-refractivity contribution in [3.05, 3.63) is 45.7 Å². The molecule has 7 heteroatoms. The van der Waals surface area contributed by atoms with Gasteiger partial charge in [0.15, 0.2) is 5.69 Å². The molecular weight excluding hydrogens is 296 g/mol. The van der Waals surface area contributed by atoms with E-state index in [2.05, 4.69) is 14.8 Å². The van der Waals surface area contributed by atoms with Crippen molar-refractivity contribution in [1.82, 2.24) is 14.0 Å². The molecule has 20 heavy (non-hydrogen) atoms. The second-order valence-electron chi connectivity index (χ2n) is 4.35. The SMILES string of the molecule is Cc1nsc(C)c1NC(=O)c1nn2ccccc2c1Cl. The first kappa shape index (κ1) is 13.1. The molecule has 0 aliphatic heterocycles. The number of fused-ring (bicyclic) bond motifs is 1. The van der Waals surface area contributed by atoms with Crippen LogP contribution in [0.5, 0.6) is 0 Å². The number of amides is 1. The van der Waals surface area contributed by atoms with E-state index >= 15 is 0 Å². The highest BCUT2D eigenvalue weighted by Gasteiger charge is 2.19. The number of nitrogens with zero attached hydrogens (tertiary/aromatic N) is 3. The number of carbonyl (C=O) groups is 1. The molecule has 0 radical (unpaired) electrons. The van der Waals surface area contributed by atoms with Gasteiger partial charge in [0.1, 0.15) is 0 Å². The first-order valence-corrected chi connectivity index (χ1v) is 7.10. The molecule has 0 saturated heterocycles. The van der Waals surface area contributed by atoms with Crippen LogP contribution >= 0.6 is 23.1 Å². The van der Waals surface area contributed by atoms with Gasteiger partial charge in [0.25, 0.3) is 5.91 Å². The van der Waals surface area contributed by atoms with Crippen molar-refractivity contribution < 1.29 is 4.79 Å². The molecule has 102 valence electrons. The third-order valence-corrected chi connectivity index (χ3v) is 4.18. The number of aryl methyl sites for hydroxylation is 2. The monoisotopic (exact) mass is 306 g/mol. The first-order chi connectivity index (χ1) is 9.58. The van der Waals surface area contributed by atoms with Gasteiger partial charge in [-0.05, 0) is 37.5 Å². The summed E-state index contributed by atoms with van der Waals surface area (Å²) in [7, 11) is 0. The smallest absolute Gasteiger partial charge is 0.277 e. The lowest BCUT2D eigenvalue weighted by atomic mass is 10.3. The van der Waals surface area contributed by atoms with Crippen molar-refractivity contribution in [2.24, 2.45) is 0 Å². The maximum absolute atomic E-state index is 12.3. The Kier molecular flexibility index (Phi) is 3.19. The molecule has 5 nitrogen and oxygen atoms in total. The summed E-state index contributed by atoms with van der Waals surface area (Å²) in [5.74, 6) is -0.329. The molecular formula is C13H11ClN4OS. The third kappa shape index (κ3) is 2.07. The van der Waals surface area contributed by atoms with Crippen LogP contribution in [0, 0.1) is 13.8 Å². The van der Waals surface area contributed by atoms with E-state index in [1.165, 1.54) is 11.5 Å². The summed E-state index contributed by atoms with van der Waals surface area (Å²) in [5.41, 5.74) is 2.44. The maximum Gasteiger partial charge on any atom is 0.277 e. The summed E-state index contributed by atoms with van der Waals surface area (Å²) in [5, 5.41) is 7.38. The molecule has 0 saturated carbocycles. The van der Waals surface area contributed by atoms with Crippen molar-refractivity contribution in [2.75, 3.05) is 5.32 Å². The lowest BCUT2D eigenvalue weighted by Gasteiger charge is -2.03. The molecule has 3 aromatic rings. The number of hydrogen-bond donors (Lipinski definition) is 1. The summed E-state index contributed by atoms with van der Waals surface area (Å²) in [6.45, 7) is 3.76. The zero-order valence-electron chi connectivity index (χ0n) is 10.8. The van der Waals surface area contributed by atoms with E-state index in [9.17, 15) is 4.79 Å². The van der Waals surface area contributed by atoms with Gasteiger partial charge in [0.05, 0.1) is 21.9 Å². The summed E-state index contributed by atoms with van der Waals surface area (Å²) in [4.78, 5) is 13.3. The maximum atomic E-state index is 12.3. The lowest BCUT2D eigenvalue weighted by Crippen LogP contribution is -2.14. The molecule has 0 aliphatic rings. The summed E-state index contributed by atoms with van der Waals surface area (Å²) >= 11 is 7.57. The number of hydrogen-bond acceptors (Lipinski definition) is 4. The Morgan fingerprint density at radius 2 is 2.20 bits per heavy atom. The molecule has 0 atom stereocenters. The highest BCUT2D eigenvalue weighted by atomic mass is 35.5. The largest absolute Gasteiger partial charge is 0.318 e. The predicted molar refractivity (Wildman–Crippen MR) is 79.7 cm³/mol. The van der Waals surface area contributed by atoms with Gasteiger partial charge in [-0.2, -0.15) is 9.47 Å². The van der Waals surface area contributed by atoms with E-state index in [0.717, 1.165) is 16.3 Å². The molecule has 0 fully saturated rings. The van der Waals surface area contributed by atoms with E-state index in [1.54, 1.807) is 10.7 Å². The topological polar surface area (TPSA) is 59.3 Å². The standard InChI is InChI=1S/C13H11ClN4OS/c1-7-11(8(2)20-17-7)15-13(19)12-10(14)9-5-3-4-6-18(9)16-12/h3-6H,1-2H3,(H,15,19). The van der Waals surface area contributed by atoms with Crippen molar-refractivity contribution in [2.45, 2.75) is 13.8 Å². The fraction of sp³-hybridized carbons (Fsp3) is 0.154. The Labute approximate surface area is 124 Å². The van der Waals surface area contributed by atoms with Gasteiger partial charge >= 0.3 is 0 Å². The number of carbonyl (C=O) groups excluding carboxylic acids is 1. The number of halogens is 1. The van der Waals surface area contributed by atoms with Crippen LogP contribution in [0.25, 0.3) is 5.52 Å². The van der Waals surface area contributed by atoms with E-state index in [1.807, 2.05) is 32.0 Å². The normalized spacial score (nSPS) is 10.9. The minimum Gasteiger partial charge on any atom is -0.318 e. The Morgan fingerprint density at radius 1 is 1.40 bits per heavy atom. The Balaban J connectivity index is 1.99. The van der Waals surface area contributed by atoms with Gasteiger partial charge in [0.2, 0.25) is 0 Å². The average Bonchev–Trinajstić information content (AvgIpc) is 2.94. The molecule has 3 aromatic heterocycles. The molecule has 0 unspecified atom stereocenters. The summed E-state index contributed by atoms with van der Waals surface area (Å²) in [6, 6.07) is 5.49. The third-order valence-electron chi connectivity index (χ3n) is 2.97. The van der Waals surface area contributed by atoms with Crippen molar-refractivity contribution in [1.29, 1.82) is 0 Å². The minimum atomic E-state index is -0.329. The Bertz CT molecular complexity index is 788. The van der Waals surface area contributed by atoms with E-state index in [-0.39, 0.29) is 11.6 Å². The van der Waals surface area contributed by atoms with Crippen LogP contribution in [0.15, 0.2) is 24.4 Å². The number of nitrogens with one attached hydrogen (secondary N) is 1. The second-order valence-corrected chi connectivity index (χ2v) is 5.70. The van der Waals surface area contributed by atoms with Crippen molar-refractivity contribution in [3.63, 3.8) is 0 Å². The van der Waals surface area contributed by atoms with Crippen LogP contribution in [-0.2, 0) is 0 Å².